The van der Waals surface area contributed by atoms with Crippen LogP contribution in [0.3, 0.4) is 0 Å². The van der Waals surface area contributed by atoms with Gasteiger partial charge in [0.1, 0.15) is 17.4 Å². The Labute approximate surface area is 173 Å². The molecule has 0 aromatic heterocycles. The Kier molecular flexibility index (Phi) is 5.83. The van der Waals surface area contributed by atoms with E-state index in [4.69, 9.17) is 4.74 Å². The van der Waals surface area contributed by atoms with Gasteiger partial charge in [0, 0.05) is 19.2 Å². The van der Waals surface area contributed by atoms with Gasteiger partial charge >= 0.3 is 0 Å². The van der Waals surface area contributed by atoms with Crippen molar-refractivity contribution in [3.63, 3.8) is 0 Å². The van der Waals surface area contributed by atoms with Crippen molar-refractivity contribution >= 4 is 23.2 Å². The fourth-order valence-corrected chi connectivity index (χ4v) is 3.86. The third kappa shape index (κ3) is 4.37. The first-order valence-electron chi connectivity index (χ1n) is 10.1. The highest BCUT2D eigenvalue weighted by Gasteiger charge is 2.34. The fraction of sp³-hybridized carbons (Fsp3) is 0.364. The molecule has 2 aromatic carbocycles. The number of anilines is 2. The van der Waals surface area contributed by atoms with E-state index in [1.165, 1.54) is 0 Å². The molecule has 2 aliphatic heterocycles. The lowest BCUT2D eigenvalue weighted by Gasteiger charge is -2.38. The van der Waals surface area contributed by atoms with Crippen LogP contribution in [-0.2, 0) is 9.59 Å². The topological polar surface area (TPSA) is 61.9 Å². The zero-order valence-corrected chi connectivity index (χ0v) is 16.4. The maximum absolute atomic E-state index is 13.9. The minimum absolute atomic E-state index is 0.0919. The molecule has 2 heterocycles. The first kappa shape index (κ1) is 20.1. The molecule has 0 radical (unpaired) electrons. The molecular weight excluding hydrogens is 392 g/mol. The lowest BCUT2D eigenvalue weighted by atomic mass is 10.1. The number of amides is 2. The van der Waals surface area contributed by atoms with Crippen LogP contribution in [0.5, 0.6) is 5.75 Å². The summed E-state index contributed by atoms with van der Waals surface area (Å²) in [7, 11) is 0. The Morgan fingerprint density at radius 2 is 1.83 bits per heavy atom. The van der Waals surface area contributed by atoms with E-state index in [2.05, 4.69) is 5.32 Å². The predicted molar refractivity (Wildman–Crippen MR) is 108 cm³/mol. The maximum Gasteiger partial charge on any atom is 0.265 e. The number of piperidine rings is 1. The average molecular weight is 415 g/mol. The number of fused-ring (bicyclic) bond motifs is 1. The van der Waals surface area contributed by atoms with E-state index in [1.54, 1.807) is 23.1 Å². The summed E-state index contributed by atoms with van der Waals surface area (Å²) in [5.74, 6) is -1.45. The Morgan fingerprint density at radius 3 is 2.63 bits per heavy atom. The number of para-hydroxylation sites is 2. The number of carbonyl (C=O) groups excluding carboxylic acids is 2. The van der Waals surface area contributed by atoms with E-state index in [-0.39, 0.29) is 24.7 Å². The summed E-state index contributed by atoms with van der Waals surface area (Å²) in [5, 5.41) is 2.40. The zero-order chi connectivity index (χ0) is 21.1. The van der Waals surface area contributed by atoms with Gasteiger partial charge in [-0.1, -0.05) is 12.1 Å². The molecule has 0 saturated carbocycles. The number of benzene rings is 2. The van der Waals surface area contributed by atoms with Crippen molar-refractivity contribution < 1.29 is 23.1 Å². The minimum atomic E-state index is -0.725. The van der Waals surface area contributed by atoms with E-state index >= 15 is 0 Å². The van der Waals surface area contributed by atoms with E-state index in [0.717, 1.165) is 37.5 Å². The second-order valence-electron chi connectivity index (χ2n) is 7.51. The van der Waals surface area contributed by atoms with E-state index < -0.39 is 23.6 Å². The molecular formula is C22H23F2N3O3. The number of hydrogen-bond donors (Lipinski definition) is 1. The summed E-state index contributed by atoms with van der Waals surface area (Å²) in [4.78, 5) is 29.0. The summed E-state index contributed by atoms with van der Waals surface area (Å²) < 4.78 is 33.2. The van der Waals surface area contributed by atoms with Crippen LogP contribution in [0.1, 0.15) is 19.3 Å². The standard InChI is InChI=1S/C22H23F2N3O3/c23-15-8-9-16(24)17(12-15)25-21(28)14-27-13-20(22(29)26-10-4-1-5-11-26)30-19-7-3-2-6-18(19)27/h2-3,6-9,12,20H,1,4-5,10-11,13-14H2,(H,25,28)/t20-/m1/s1. The number of rotatable bonds is 4. The van der Waals surface area contributed by atoms with Gasteiger partial charge in [-0.2, -0.15) is 0 Å². The van der Waals surface area contributed by atoms with Gasteiger partial charge in [0.05, 0.1) is 24.5 Å². The molecule has 0 unspecified atom stereocenters. The van der Waals surface area contributed by atoms with E-state index in [9.17, 15) is 18.4 Å². The highest BCUT2D eigenvalue weighted by Crippen LogP contribution is 2.33. The molecule has 30 heavy (non-hydrogen) atoms. The van der Waals surface area contributed by atoms with E-state index in [0.29, 0.717) is 24.5 Å². The van der Waals surface area contributed by atoms with Gasteiger partial charge in [-0.15, -0.1) is 0 Å². The first-order valence-corrected chi connectivity index (χ1v) is 10.1. The summed E-state index contributed by atoms with van der Waals surface area (Å²) in [5.41, 5.74) is 0.456. The van der Waals surface area contributed by atoms with Crippen LogP contribution in [0.2, 0.25) is 0 Å². The quantitative estimate of drug-likeness (QED) is 0.833. The van der Waals surface area contributed by atoms with Crippen LogP contribution >= 0.6 is 0 Å². The van der Waals surface area contributed by atoms with Crippen molar-refractivity contribution in [2.24, 2.45) is 0 Å². The van der Waals surface area contributed by atoms with Crippen LogP contribution in [0, 0.1) is 11.6 Å². The summed E-state index contributed by atoms with van der Waals surface area (Å²) in [6.45, 7) is 1.49. The number of nitrogens with one attached hydrogen (secondary N) is 1. The minimum Gasteiger partial charge on any atom is -0.477 e. The first-order chi connectivity index (χ1) is 14.5. The number of ether oxygens (including phenoxy) is 1. The van der Waals surface area contributed by atoms with Crippen LogP contribution in [0.15, 0.2) is 42.5 Å². The number of likely N-dealkylation sites (tertiary alicyclic amines) is 1. The smallest absolute Gasteiger partial charge is 0.265 e. The molecule has 8 heteroatoms. The van der Waals surface area contributed by atoms with Gasteiger partial charge in [-0.05, 0) is 43.5 Å². The lowest BCUT2D eigenvalue weighted by molar-refractivity contribution is -0.139. The third-order valence-electron chi connectivity index (χ3n) is 5.34. The van der Waals surface area contributed by atoms with Gasteiger partial charge in [-0.3, -0.25) is 9.59 Å². The molecule has 0 spiro atoms. The van der Waals surface area contributed by atoms with Crippen LogP contribution in [0.25, 0.3) is 0 Å². The zero-order valence-electron chi connectivity index (χ0n) is 16.4. The van der Waals surface area contributed by atoms with Crippen LogP contribution in [0.4, 0.5) is 20.2 Å². The largest absolute Gasteiger partial charge is 0.477 e. The van der Waals surface area contributed by atoms with Gasteiger partial charge < -0.3 is 19.9 Å². The summed E-state index contributed by atoms with van der Waals surface area (Å²) >= 11 is 0. The van der Waals surface area contributed by atoms with Gasteiger partial charge in [-0.25, -0.2) is 8.78 Å². The normalized spacial score (nSPS) is 18.4. The number of nitrogens with zero attached hydrogens (tertiary/aromatic N) is 2. The average Bonchev–Trinajstić information content (AvgIpc) is 2.76. The van der Waals surface area contributed by atoms with Crippen molar-refractivity contribution in [3.8, 4) is 5.75 Å². The molecule has 158 valence electrons. The molecule has 4 rings (SSSR count). The van der Waals surface area contributed by atoms with Crippen LogP contribution < -0.4 is 15.0 Å². The molecule has 1 atom stereocenters. The van der Waals surface area contributed by atoms with Crippen LogP contribution in [-0.4, -0.2) is 49.0 Å². The van der Waals surface area contributed by atoms with Crippen molar-refractivity contribution in [1.29, 1.82) is 0 Å². The molecule has 1 fully saturated rings. The fourth-order valence-electron chi connectivity index (χ4n) is 3.86. The Hall–Kier alpha value is -3.16. The maximum atomic E-state index is 13.9. The molecule has 2 amide bonds. The highest BCUT2D eigenvalue weighted by molar-refractivity contribution is 5.95. The molecule has 0 aliphatic carbocycles. The molecule has 2 aromatic rings. The molecule has 6 nitrogen and oxygen atoms in total. The summed E-state index contributed by atoms with van der Waals surface area (Å²) in [6.07, 6.45) is 2.33. The van der Waals surface area contributed by atoms with Crippen molar-refractivity contribution in [3.05, 3.63) is 54.1 Å². The number of halogens is 2. The SMILES string of the molecule is O=C(CN1C[C@H](C(=O)N2CCCCC2)Oc2ccccc21)Nc1cc(F)ccc1F. The Balaban J connectivity index is 1.50. The van der Waals surface area contributed by atoms with Gasteiger partial charge in [0.25, 0.3) is 5.91 Å². The predicted octanol–water partition coefficient (Wildman–Crippen LogP) is 3.18. The highest BCUT2D eigenvalue weighted by atomic mass is 19.1. The third-order valence-corrected chi connectivity index (χ3v) is 5.34. The van der Waals surface area contributed by atoms with Gasteiger partial charge in [0.15, 0.2) is 6.10 Å². The molecule has 2 aliphatic rings. The molecule has 1 saturated heterocycles. The van der Waals surface area contributed by atoms with E-state index in [1.807, 2.05) is 11.0 Å². The van der Waals surface area contributed by atoms with Crippen molar-refractivity contribution in [1.82, 2.24) is 4.90 Å². The van der Waals surface area contributed by atoms with Crippen molar-refractivity contribution in [2.75, 3.05) is 36.4 Å². The number of hydrogen-bond acceptors (Lipinski definition) is 4. The Bertz CT molecular complexity index is 947. The van der Waals surface area contributed by atoms with Crippen molar-refractivity contribution in [2.45, 2.75) is 25.4 Å². The lowest BCUT2D eigenvalue weighted by Crippen LogP contribution is -2.52. The molecule has 1 N–H and O–H groups in total. The Morgan fingerprint density at radius 1 is 1.07 bits per heavy atom. The monoisotopic (exact) mass is 415 g/mol. The summed E-state index contributed by atoms with van der Waals surface area (Å²) in [6, 6.07) is 10.0. The second kappa shape index (κ2) is 8.69. The van der Waals surface area contributed by atoms with Gasteiger partial charge in [0.2, 0.25) is 5.91 Å². The molecule has 0 bridgehead atoms. The number of carbonyl (C=O) groups is 2. The second-order valence-corrected chi connectivity index (χ2v) is 7.51.